The Morgan fingerprint density at radius 1 is 1.32 bits per heavy atom. The normalized spacial score (nSPS) is 18.4. The van der Waals surface area contributed by atoms with Gasteiger partial charge in [-0.15, -0.1) is 16.2 Å². The van der Waals surface area contributed by atoms with E-state index in [0.717, 1.165) is 4.90 Å². The Balaban J connectivity index is 1.71. The van der Waals surface area contributed by atoms with Gasteiger partial charge in [0.25, 0.3) is 15.9 Å². The van der Waals surface area contributed by atoms with Crippen molar-refractivity contribution in [2.24, 2.45) is 4.40 Å². The second-order valence-corrected chi connectivity index (χ2v) is 8.66. The number of amidine groups is 1. The summed E-state index contributed by atoms with van der Waals surface area (Å²) in [6.07, 6.45) is 5.48. The van der Waals surface area contributed by atoms with Crippen LogP contribution in [0.1, 0.15) is 6.92 Å². The van der Waals surface area contributed by atoms with Crippen molar-refractivity contribution in [3.8, 4) is 0 Å². The topological polar surface area (TPSA) is 105 Å². The van der Waals surface area contributed by atoms with Crippen LogP contribution in [-0.2, 0) is 24.3 Å². The fraction of sp³-hybridized carbons (Fsp3) is 0.278. The Hall–Kier alpha value is -2.59. The summed E-state index contributed by atoms with van der Waals surface area (Å²) in [7, 11) is -3.63. The molecule has 2 heterocycles. The standard InChI is InChI=1S/C18H19N3O5S2/c1-12(17(22)19-14-7-3-4-8-15(14)27-2)26-18(23)13-6-5-9-21-10-11-28(24,25)20-16(13)21/h3-9,12H,10-11H2,1-2H3,(H,19,22)/t12-/m1/s1. The molecule has 1 amide bonds. The molecule has 8 nitrogen and oxygen atoms in total. The molecule has 3 rings (SSSR count). The number of benzene rings is 1. The van der Waals surface area contributed by atoms with Crippen LogP contribution in [0.3, 0.4) is 0 Å². The third-order valence-electron chi connectivity index (χ3n) is 4.10. The van der Waals surface area contributed by atoms with Crippen LogP contribution in [0.2, 0.25) is 0 Å². The highest BCUT2D eigenvalue weighted by atomic mass is 32.2. The van der Waals surface area contributed by atoms with Crippen LogP contribution in [0.5, 0.6) is 0 Å². The number of nitrogens with zero attached hydrogens (tertiary/aromatic N) is 2. The summed E-state index contributed by atoms with van der Waals surface area (Å²) in [6, 6.07) is 7.28. The monoisotopic (exact) mass is 421 g/mol. The molecule has 28 heavy (non-hydrogen) atoms. The first-order chi connectivity index (χ1) is 13.3. The molecule has 0 saturated carbocycles. The van der Waals surface area contributed by atoms with Crippen LogP contribution in [0.15, 0.2) is 57.5 Å². The van der Waals surface area contributed by atoms with Crippen molar-refractivity contribution in [3.05, 3.63) is 48.2 Å². The lowest BCUT2D eigenvalue weighted by atomic mass is 10.1. The number of fused-ring (bicyclic) bond motifs is 1. The number of esters is 1. The van der Waals surface area contributed by atoms with Crippen LogP contribution >= 0.6 is 11.8 Å². The van der Waals surface area contributed by atoms with Crippen molar-refractivity contribution >= 4 is 45.2 Å². The summed E-state index contributed by atoms with van der Waals surface area (Å²) in [5.74, 6) is -1.42. The zero-order chi connectivity index (χ0) is 20.3. The van der Waals surface area contributed by atoms with Crippen LogP contribution in [0.4, 0.5) is 5.69 Å². The summed E-state index contributed by atoms with van der Waals surface area (Å²) < 4.78 is 32.5. The lowest BCUT2D eigenvalue weighted by Crippen LogP contribution is -2.41. The molecule has 1 N–H and O–H groups in total. The summed E-state index contributed by atoms with van der Waals surface area (Å²) in [4.78, 5) is 27.4. The number of carbonyl (C=O) groups is 2. The Morgan fingerprint density at radius 3 is 2.82 bits per heavy atom. The van der Waals surface area contributed by atoms with Gasteiger partial charge in [0.05, 0.1) is 11.4 Å². The first-order valence-corrected chi connectivity index (χ1v) is 11.3. The number of ether oxygens (including phenoxy) is 1. The van der Waals surface area contributed by atoms with Gasteiger partial charge in [0.1, 0.15) is 5.57 Å². The molecule has 2 aliphatic rings. The highest BCUT2D eigenvalue weighted by Crippen LogP contribution is 2.25. The van der Waals surface area contributed by atoms with Crippen LogP contribution < -0.4 is 5.32 Å². The largest absolute Gasteiger partial charge is 0.449 e. The summed E-state index contributed by atoms with van der Waals surface area (Å²) in [6.45, 7) is 1.65. The average Bonchev–Trinajstić information content (AvgIpc) is 2.67. The van der Waals surface area contributed by atoms with Gasteiger partial charge in [0, 0.05) is 17.6 Å². The first kappa shape index (κ1) is 20.2. The van der Waals surface area contributed by atoms with Gasteiger partial charge >= 0.3 is 5.97 Å². The summed E-state index contributed by atoms with van der Waals surface area (Å²) in [5.41, 5.74) is 0.617. The minimum Gasteiger partial charge on any atom is -0.449 e. The van der Waals surface area contributed by atoms with E-state index in [-0.39, 0.29) is 23.7 Å². The minimum absolute atomic E-state index is 0.00469. The Bertz CT molecular complexity index is 998. The third kappa shape index (κ3) is 4.45. The lowest BCUT2D eigenvalue weighted by molar-refractivity contribution is -0.148. The average molecular weight is 422 g/mol. The number of rotatable bonds is 5. The molecule has 1 aromatic rings. The smallest absolute Gasteiger partial charge is 0.342 e. The van der Waals surface area contributed by atoms with Crippen LogP contribution in [-0.4, -0.2) is 55.7 Å². The van der Waals surface area contributed by atoms with Gasteiger partial charge in [0.15, 0.2) is 11.9 Å². The number of amides is 1. The number of hydrogen-bond acceptors (Lipinski definition) is 7. The second-order valence-electron chi connectivity index (χ2n) is 6.05. The van der Waals surface area contributed by atoms with Crippen molar-refractivity contribution in [2.75, 3.05) is 23.9 Å². The zero-order valence-electron chi connectivity index (χ0n) is 15.3. The van der Waals surface area contributed by atoms with Gasteiger partial charge in [-0.25, -0.2) is 13.2 Å². The predicted molar refractivity (Wildman–Crippen MR) is 108 cm³/mol. The number of nitrogens with one attached hydrogen (secondary N) is 1. The molecule has 0 saturated heterocycles. The van der Waals surface area contributed by atoms with E-state index >= 15 is 0 Å². The molecule has 2 aliphatic heterocycles. The highest BCUT2D eigenvalue weighted by molar-refractivity contribution is 7.98. The van der Waals surface area contributed by atoms with Gasteiger partial charge < -0.3 is 15.0 Å². The van der Waals surface area contributed by atoms with Crippen molar-refractivity contribution in [1.82, 2.24) is 4.90 Å². The van der Waals surface area contributed by atoms with E-state index < -0.39 is 28.0 Å². The predicted octanol–water partition coefficient (Wildman–Crippen LogP) is 1.78. The third-order valence-corrected chi connectivity index (χ3v) is 6.04. The summed E-state index contributed by atoms with van der Waals surface area (Å²) in [5, 5.41) is 2.73. The molecule has 148 valence electrons. The minimum atomic E-state index is -3.63. The van der Waals surface area contributed by atoms with E-state index in [1.165, 1.54) is 24.8 Å². The number of allylic oxidation sites excluding steroid dienone is 2. The summed E-state index contributed by atoms with van der Waals surface area (Å²) >= 11 is 1.48. The Kier molecular flexibility index (Phi) is 5.90. The number of thioether (sulfide) groups is 1. The molecule has 10 heteroatoms. The maximum Gasteiger partial charge on any atom is 0.342 e. The fourth-order valence-corrected chi connectivity index (χ4v) is 4.17. The van der Waals surface area contributed by atoms with Crippen molar-refractivity contribution < 1.29 is 22.7 Å². The zero-order valence-corrected chi connectivity index (χ0v) is 16.9. The SMILES string of the molecule is CSc1ccccc1NC(=O)[C@@H](C)OC(=O)C1=CC=CN2CCS(=O)(=O)N=C12. The van der Waals surface area contributed by atoms with E-state index in [1.807, 2.05) is 18.4 Å². The number of sulfonamides is 1. The van der Waals surface area contributed by atoms with Crippen molar-refractivity contribution in [3.63, 3.8) is 0 Å². The Morgan fingerprint density at radius 2 is 2.07 bits per heavy atom. The van der Waals surface area contributed by atoms with E-state index in [0.29, 0.717) is 5.69 Å². The maximum atomic E-state index is 12.5. The highest BCUT2D eigenvalue weighted by Gasteiger charge is 2.32. The van der Waals surface area contributed by atoms with Crippen LogP contribution in [0.25, 0.3) is 0 Å². The van der Waals surface area contributed by atoms with Crippen molar-refractivity contribution in [2.45, 2.75) is 17.9 Å². The van der Waals surface area contributed by atoms with Gasteiger partial charge in [-0.05, 0) is 37.5 Å². The van der Waals surface area contributed by atoms with E-state index in [4.69, 9.17) is 4.74 Å². The second kappa shape index (κ2) is 8.19. The van der Waals surface area contributed by atoms with Crippen LogP contribution in [0, 0.1) is 0 Å². The molecule has 0 spiro atoms. The van der Waals surface area contributed by atoms with Gasteiger partial charge in [0.2, 0.25) is 0 Å². The van der Waals surface area contributed by atoms with Crippen molar-refractivity contribution in [1.29, 1.82) is 0 Å². The molecular weight excluding hydrogens is 402 g/mol. The fourth-order valence-electron chi connectivity index (χ4n) is 2.64. The molecule has 0 bridgehead atoms. The number of hydrogen-bond donors (Lipinski definition) is 1. The first-order valence-electron chi connectivity index (χ1n) is 8.44. The number of carbonyl (C=O) groups excluding carboxylic acids is 2. The molecule has 0 aromatic heterocycles. The van der Waals surface area contributed by atoms with E-state index in [2.05, 4.69) is 9.71 Å². The molecule has 1 aromatic carbocycles. The van der Waals surface area contributed by atoms with Gasteiger partial charge in [-0.3, -0.25) is 4.79 Å². The lowest BCUT2D eigenvalue weighted by Gasteiger charge is -2.28. The molecular formula is C18H19N3O5S2. The van der Waals surface area contributed by atoms with Gasteiger partial charge in [-0.2, -0.15) is 0 Å². The maximum absolute atomic E-state index is 12.5. The van der Waals surface area contributed by atoms with E-state index in [1.54, 1.807) is 29.3 Å². The Labute approximate surface area is 167 Å². The number of anilines is 1. The molecule has 1 atom stereocenters. The number of para-hydroxylation sites is 1. The molecule has 0 aliphatic carbocycles. The molecule has 0 fully saturated rings. The van der Waals surface area contributed by atoms with Gasteiger partial charge in [-0.1, -0.05) is 12.1 Å². The quantitative estimate of drug-likeness (QED) is 0.571. The molecule has 0 unspecified atom stereocenters. The molecule has 0 radical (unpaired) electrons. The van der Waals surface area contributed by atoms with E-state index in [9.17, 15) is 18.0 Å².